The maximum atomic E-state index is 13.8. The molecule has 1 fully saturated rings. The molecule has 0 unspecified atom stereocenters. The molecule has 128 valence electrons. The van der Waals surface area contributed by atoms with Gasteiger partial charge in [-0.05, 0) is 13.0 Å². The Morgan fingerprint density at radius 3 is 2.46 bits per heavy atom. The van der Waals surface area contributed by atoms with Crippen LogP contribution in [-0.2, 0) is 6.54 Å². The Morgan fingerprint density at radius 1 is 1.08 bits per heavy atom. The summed E-state index contributed by atoms with van der Waals surface area (Å²) in [6.07, 6.45) is 0. The average molecular weight is 329 g/mol. The van der Waals surface area contributed by atoms with E-state index in [0.29, 0.717) is 6.54 Å². The lowest BCUT2D eigenvalue weighted by molar-refractivity contribution is 0.245. The molecule has 6 heteroatoms. The lowest BCUT2D eigenvalue weighted by Crippen LogP contribution is -2.46. The monoisotopic (exact) mass is 329 g/mol. The molecule has 2 heterocycles. The van der Waals surface area contributed by atoms with Gasteiger partial charge >= 0.3 is 0 Å². The second-order valence-corrected chi connectivity index (χ2v) is 6.42. The van der Waals surface area contributed by atoms with E-state index in [9.17, 15) is 4.39 Å². The number of rotatable bonds is 4. The number of halogens is 1. The summed E-state index contributed by atoms with van der Waals surface area (Å²) in [7, 11) is 3.97. The molecule has 1 aromatic heterocycles. The highest BCUT2D eigenvalue weighted by molar-refractivity contribution is 5.45. The van der Waals surface area contributed by atoms with E-state index in [-0.39, 0.29) is 5.82 Å². The van der Waals surface area contributed by atoms with Crippen LogP contribution in [0.25, 0.3) is 0 Å². The molecule has 0 radical (unpaired) electrons. The van der Waals surface area contributed by atoms with Crippen molar-refractivity contribution in [2.45, 2.75) is 13.5 Å². The predicted molar refractivity (Wildman–Crippen MR) is 95.0 cm³/mol. The van der Waals surface area contributed by atoms with Crippen LogP contribution in [0.1, 0.15) is 11.3 Å². The molecule has 5 nitrogen and oxygen atoms in total. The number of anilines is 2. The smallest absolute Gasteiger partial charge is 0.227 e. The van der Waals surface area contributed by atoms with Crippen molar-refractivity contribution in [3.63, 3.8) is 0 Å². The van der Waals surface area contributed by atoms with Crippen molar-refractivity contribution in [1.29, 1.82) is 0 Å². The van der Waals surface area contributed by atoms with Gasteiger partial charge in [-0.25, -0.2) is 9.37 Å². The Balaban J connectivity index is 1.64. The predicted octanol–water partition coefficient (Wildman–Crippen LogP) is 2.31. The van der Waals surface area contributed by atoms with Gasteiger partial charge in [-0.3, -0.25) is 4.90 Å². The van der Waals surface area contributed by atoms with E-state index >= 15 is 0 Å². The van der Waals surface area contributed by atoms with Gasteiger partial charge < -0.3 is 9.80 Å². The summed E-state index contributed by atoms with van der Waals surface area (Å²) in [5, 5.41) is 0. The third-order valence-corrected chi connectivity index (χ3v) is 4.29. The third kappa shape index (κ3) is 3.82. The molecule has 0 amide bonds. The van der Waals surface area contributed by atoms with Gasteiger partial charge in [0.15, 0.2) is 0 Å². The van der Waals surface area contributed by atoms with Crippen LogP contribution in [0.15, 0.2) is 30.3 Å². The number of aromatic nitrogens is 2. The van der Waals surface area contributed by atoms with Crippen molar-refractivity contribution in [3.8, 4) is 0 Å². The van der Waals surface area contributed by atoms with E-state index in [1.54, 1.807) is 6.07 Å². The first-order valence-corrected chi connectivity index (χ1v) is 8.26. The summed E-state index contributed by atoms with van der Waals surface area (Å²) in [5.41, 5.74) is 1.73. The molecular formula is C18H24FN5. The quantitative estimate of drug-likeness (QED) is 0.860. The van der Waals surface area contributed by atoms with Crippen LogP contribution >= 0.6 is 0 Å². The highest BCUT2D eigenvalue weighted by Gasteiger charge is 2.20. The Labute approximate surface area is 142 Å². The highest BCUT2D eigenvalue weighted by Crippen LogP contribution is 2.18. The van der Waals surface area contributed by atoms with Crippen molar-refractivity contribution < 1.29 is 4.39 Å². The minimum Gasteiger partial charge on any atom is -0.363 e. The Hall–Kier alpha value is -2.21. The fourth-order valence-electron chi connectivity index (χ4n) is 2.88. The van der Waals surface area contributed by atoms with E-state index < -0.39 is 0 Å². The largest absolute Gasteiger partial charge is 0.363 e. The molecule has 3 rings (SSSR count). The fourth-order valence-corrected chi connectivity index (χ4v) is 2.88. The van der Waals surface area contributed by atoms with Gasteiger partial charge in [0.1, 0.15) is 11.6 Å². The van der Waals surface area contributed by atoms with Crippen molar-refractivity contribution in [1.82, 2.24) is 14.9 Å². The number of benzene rings is 1. The summed E-state index contributed by atoms with van der Waals surface area (Å²) in [5.74, 6) is 1.58. The van der Waals surface area contributed by atoms with Crippen LogP contribution in [0.5, 0.6) is 0 Å². The van der Waals surface area contributed by atoms with E-state index in [1.165, 1.54) is 6.07 Å². The van der Waals surface area contributed by atoms with Crippen molar-refractivity contribution in [3.05, 3.63) is 47.4 Å². The van der Waals surface area contributed by atoms with Crippen LogP contribution in [0, 0.1) is 12.7 Å². The van der Waals surface area contributed by atoms with Crippen molar-refractivity contribution >= 4 is 11.8 Å². The molecule has 1 aliphatic rings. The molecule has 0 atom stereocenters. The highest BCUT2D eigenvalue weighted by atomic mass is 19.1. The van der Waals surface area contributed by atoms with Gasteiger partial charge in [-0.1, -0.05) is 18.2 Å². The fraction of sp³-hybridized carbons (Fsp3) is 0.444. The van der Waals surface area contributed by atoms with Crippen LogP contribution in [-0.4, -0.2) is 55.1 Å². The number of aryl methyl sites for hydroxylation is 1. The third-order valence-electron chi connectivity index (χ3n) is 4.29. The van der Waals surface area contributed by atoms with E-state index in [2.05, 4.69) is 19.8 Å². The maximum absolute atomic E-state index is 13.8. The maximum Gasteiger partial charge on any atom is 0.227 e. The molecule has 0 saturated carbocycles. The van der Waals surface area contributed by atoms with E-state index in [0.717, 1.165) is 49.2 Å². The number of hydrogen-bond acceptors (Lipinski definition) is 5. The summed E-state index contributed by atoms with van der Waals surface area (Å²) >= 11 is 0. The Kier molecular flexibility index (Phi) is 4.94. The summed E-state index contributed by atoms with van der Waals surface area (Å²) in [4.78, 5) is 15.7. The minimum absolute atomic E-state index is 0.127. The Bertz CT molecular complexity index is 696. The summed E-state index contributed by atoms with van der Waals surface area (Å²) in [6.45, 7) is 6.10. The number of nitrogens with zero attached hydrogens (tertiary/aromatic N) is 5. The van der Waals surface area contributed by atoms with E-state index in [1.807, 2.05) is 44.1 Å². The van der Waals surface area contributed by atoms with Gasteiger partial charge in [0.05, 0.1) is 0 Å². The van der Waals surface area contributed by atoms with Crippen LogP contribution in [0.2, 0.25) is 0 Å². The SMILES string of the molecule is Cc1cc(N(C)C)nc(N2CCN(Cc3ccccc3F)CC2)n1. The van der Waals surface area contributed by atoms with Gasteiger partial charge in [-0.15, -0.1) is 0 Å². The first-order valence-electron chi connectivity index (χ1n) is 8.26. The van der Waals surface area contributed by atoms with Crippen LogP contribution < -0.4 is 9.80 Å². The summed E-state index contributed by atoms with van der Waals surface area (Å²) in [6, 6.07) is 8.98. The van der Waals surface area contributed by atoms with Crippen LogP contribution in [0.3, 0.4) is 0 Å². The molecule has 1 aromatic carbocycles. The van der Waals surface area contributed by atoms with Gasteiger partial charge in [0.25, 0.3) is 0 Å². The standard InChI is InChI=1S/C18H24FN5/c1-14-12-17(22(2)3)21-18(20-14)24-10-8-23(9-11-24)13-15-6-4-5-7-16(15)19/h4-7,12H,8-11,13H2,1-3H3. The van der Waals surface area contributed by atoms with Gasteiger partial charge in [0.2, 0.25) is 5.95 Å². The zero-order valence-corrected chi connectivity index (χ0v) is 14.5. The second-order valence-electron chi connectivity index (χ2n) is 6.42. The lowest BCUT2D eigenvalue weighted by atomic mass is 10.2. The minimum atomic E-state index is -0.127. The van der Waals surface area contributed by atoms with E-state index in [4.69, 9.17) is 0 Å². The number of hydrogen-bond donors (Lipinski definition) is 0. The number of piperazine rings is 1. The zero-order chi connectivity index (χ0) is 17.1. The topological polar surface area (TPSA) is 35.5 Å². The zero-order valence-electron chi connectivity index (χ0n) is 14.5. The van der Waals surface area contributed by atoms with Crippen molar-refractivity contribution in [2.24, 2.45) is 0 Å². The summed E-state index contributed by atoms with van der Waals surface area (Å²) < 4.78 is 13.8. The molecular weight excluding hydrogens is 305 g/mol. The molecule has 0 N–H and O–H groups in total. The molecule has 0 aliphatic carbocycles. The lowest BCUT2D eigenvalue weighted by Gasteiger charge is -2.35. The second kappa shape index (κ2) is 7.13. The van der Waals surface area contributed by atoms with Gasteiger partial charge in [0, 0.05) is 64.1 Å². The first kappa shape index (κ1) is 16.6. The van der Waals surface area contributed by atoms with Crippen LogP contribution in [0.4, 0.5) is 16.2 Å². The normalized spacial score (nSPS) is 15.6. The average Bonchev–Trinajstić information content (AvgIpc) is 2.57. The molecule has 1 saturated heterocycles. The Morgan fingerprint density at radius 2 is 1.79 bits per heavy atom. The molecule has 0 spiro atoms. The van der Waals surface area contributed by atoms with Crippen molar-refractivity contribution in [2.75, 3.05) is 50.1 Å². The molecule has 2 aromatic rings. The molecule has 1 aliphatic heterocycles. The van der Waals surface area contributed by atoms with Gasteiger partial charge in [-0.2, -0.15) is 4.98 Å². The first-order chi connectivity index (χ1) is 11.5. The molecule has 0 bridgehead atoms. The molecule has 24 heavy (non-hydrogen) atoms.